The van der Waals surface area contributed by atoms with Crippen LogP contribution in [0.2, 0.25) is 0 Å². The molecular formula is C19H19N3O3. The predicted molar refractivity (Wildman–Crippen MR) is 96.5 cm³/mol. The fraction of sp³-hybridized carbons (Fsp3) is 0.158. The van der Waals surface area contributed by atoms with Gasteiger partial charge in [-0.05, 0) is 42.7 Å². The number of phenols is 1. The van der Waals surface area contributed by atoms with E-state index in [4.69, 9.17) is 0 Å². The zero-order valence-corrected chi connectivity index (χ0v) is 13.8. The Bertz CT molecular complexity index is 931. The van der Waals surface area contributed by atoms with Gasteiger partial charge in [0.15, 0.2) is 0 Å². The van der Waals surface area contributed by atoms with Crippen molar-refractivity contribution in [3.8, 4) is 5.75 Å². The monoisotopic (exact) mass is 337 g/mol. The Morgan fingerprint density at radius 2 is 1.92 bits per heavy atom. The first-order chi connectivity index (χ1) is 12.0. The number of benzene rings is 2. The first kappa shape index (κ1) is 16.6. The molecule has 3 aromatic rings. The third kappa shape index (κ3) is 3.80. The van der Waals surface area contributed by atoms with E-state index in [0.717, 1.165) is 22.0 Å². The van der Waals surface area contributed by atoms with Crippen molar-refractivity contribution in [3.63, 3.8) is 0 Å². The van der Waals surface area contributed by atoms with Gasteiger partial charge in [-0.25, -0.2) is 0 Å². The zero-order valence-electron chi connectivity index (χ0n) is 13.8. The maximum Gasteiger partial charge on any atom is 0.313 e. The summed E-state index contributed by atoms with van der Waals surface area (Å²) in [6.45, 7) is 2.16. The molecule has 0 saturated carbocycles. The maximum absolute atomic E-state index is 11.9. The molecule has 3 rings (SSSR count). The molecule has 0 aliphatic heterocycles. The lowest BCUT2D eigenvalue weighted by Crippen LogP contribution is -2.36. The molecule has 0 atom stereocenters. The lowest BCUT2D eigenvalue weighted by Gasteiger charge is -2.08. The predicted octanol–water partition coefficient (Wildman–Crippen LogP) is 2.48. The highest BCUT2D eigenvalue weighted by atomic mass is 16.3. The van der Waals surface area contributed by atoms with Gasteiger partial charge in [-0.1, -0.05) is 24.3 Å². The highest BCUT2D eigenvalue weighted by molar-refractivity contribution is 6.39. The number of amides is 2. The van der Waals surface area contributed by atoms with Crippen LogP contribution in [0.15, 0.2) is 48.7 Å². The number of carbonyl (C=O) groups is 2. The van der Waals surface area contributed by atoms with Crippen LogP contribution in [0.1, 0.15) is 11.1 Å². The van der Waals surface area contributed by atoms with E-state index in [0.29, 0.717) is 13.0 Å². The second-order valence-electron chi connectivity index (χ2n) is 5.84. The number of phenolic OH excluding ortho intramolecular Hbond substituents is 1. The number of aromatic nitrogens is 1. The van der Waals surface area contributed by atoms with Gasteiger partial charge in [0, 0.05) is 23.6 Å². The molecule has 0 aliphatic rings. The number of fused-ring (bicyclic) bond motifs is 1. The Kier molecular flexibility index (Phi) is 4.70. The van der Waals surface area contributed by atoms with Crippen LogP contribution in [-0.4, -0.2) is 28.4 Å². The lowest BCUT2D eigenvalue weighted by atomic mass is 10.1. The van der Waals surface area contributed by atoms with E-state index in [2.05, 4.69) is 15.6 Å². The third-order valence-electron chi connectivity index (χ3n) is 3.96. The van der Waals surface area contributed by atoms with Crippen LogP contribution >= 0.6 is 0 Å². The second kappa shape index (κ2) is 7.09. The van der Waals surface area contributed by atoms with Crippen LogP contribution in [0.5, 0.6) is 5.75 Å². The van der Waals surface area contributed by atoms with E-state index in [9.17, 15) is 14.7 Å². The van der Waals surface area contributed by atoms with Crippen LogP contribution in [0.3, 0.4) is 0 Å². The van der Waals surface area contributed by atoms with Crippen molar-refractivity contribution in [3.05, 3.63) is 59.8 Å². The summed E-state index contributed by atoms with van der Waals surface area (Å²) in [6, 6.07) is 12.7. The molecule has 6 nitrogen and oxygen atoms in total. The summed E-state index contributed by atoms with van der Waals surface area (Å²) in [5.74, 6) is -1.61. The summed E-state index contributed by atoms with van der Waals surface area (Å²) in [5, 5.41) is 15.9. The number of rotatable bonds is 4. The average molecular weight is 337 g/mol. The van der Waals surface area contributed by atoms with E-state index in [1.54, 1.807) is 12.1 Å². The fourth-order valence-electron chi connectivity index (χ4n) is 2.66. The molecule has 2 amide bonds. The Morgan fingerprint density at radius 3 is 2.72 bits per heavy atom. The Balaban J connectivity index is 1.54. The van der Waals surface area contributed by atoms with Gasteiger partial charge in [0.05, 0.1) is 5.69 Å². The van der Waals surface area contributed by atoms with E-state index in [1.807, 2.05) is 37.4 Å². The van der Waals surface area contributed by atoms with Crippen molar-refractivity contribution in [2.45, 2.75) is 13.3 Å². The smallest absolute Gasteiger partial charge is 0.313 e. The number of aromatic hydroxyl groups is 1. The van der Waals surface area contributed by atoms with Gasteiger partial charge in [-0.3, -0.25) is 9.59 Å². The largest absolute Gasteiger partial charge is 0.506 e. The Hall–Kier alpha value is -3.28. The molecule has 0 radical (unpaired) electrons. The van der Waals surface area contributed by atoms with Crippen molar-refractivity contribution in [1.82, 2.24) is 10.3 Å². The van der Waals surface area contributed by atoms with Gasteiger partial charge >= 0.3 is 11.8 Å². The van der Waals surface area contributed by atoms with E-state index in [1.165, 1.54) is 6.07 Å². The molecule has 128 valence electrons. The zero-order chi connectivity index (χ0) is 17.8. The molecule has 0 unspecified atom stereocenters. The molecule has 1 aromatic heterocycles. The van der Waals surface area contributed by atoms with Gasteiger partial charge in [0.25, 0.3) is 0 Å². The number of aromatic amines is 1. The van der Waals surface area contributed by atoms with Gasteiger partial charge in [-0.15, -0.1) is 0 Å². The highest BCUT2D eigenvalue weighted by Gasteiger charge is 2.15. The standard InChI is InChI=1S/C19H19N3O3/c1-12-6-7-16(17(23)10-12)22-19(25)18(24)20-9-8-13-11-21-15-5-3-2-4-14(13)15/h2-7,10-11,21,23H,8-9H2,1H3,(H,20,24)(H,22,25). The number of H-pyrrole nitrogens is 1. The molecule has 2 aromatic carbocycles. The first-order valence-electron chi connectivity index (χ1n) is 7.98. The van der Waals surface area contributed by atoms with Crippen molar-refractivity contribution in [2.24, 2.45) is 0 Å². The number of para-hydroxylation sites is 1. The number of nitrogens with one attached hydrogen (secondary N) is 3. The minimum atomic E-state index is -0.807. The van der Waals surface area contributed by atoms with Crippen LogP contribution in [0, 0.1) is 6.92 Å². The van der Waals surface area contributed by atoms with Crippen molar-refractivity contribution < 1.29 is 14.7 Å². The number of hydrogen-bond donors (Lipinski definition) is 4. The molecule has 6 heteroatoms. The van der Waals surface area contributed by atoms with Gasteiger partial charge in [-0.2, -0.15) is 0 Å². The summed E-state index contributed by atoms with van der Waals surface area (Å²) in [6.07, 6.45) is 2.51. The minimum Gasteiger partial charge on any atom is -0.506 e. The van der Waals surface area contributed by atoms with Gasteiger partial charge in [0.2, 0.25) is 0 Å². The van der Waals surface area contributed by atoms with Crippen LogP contribution in [0.4, 0.5) is 5.69 Å². The molecular weight excluding hydrogens is 318 g/mol. The number of aryl methyl sites for hydroxylation is 1. The molecule has 4 N–H and O–H groups in total. The first-order valence-corrected chi connectivity index (χ1v) is 7.98. The topological polar surface area (TPSA) is 94.2 Å². The van der Waals surface area contributed by atoms with Crippen LogP contribution in [-0.2, 0) is 16.0 Å². The van der Waals surface area contributed by atoms with Gasteiger partial charge < -0.3 is 20.7 Å². The molecule has 0 saturated heterocycles. The normalized spacial score (nSPS) is 10.6. The summed E-state index contributed by atoms with van der Waals surface area (Å²) in [4.78, 5) is 27.0. The quantitative estimate of drug-likeness (QED) is 0.435. The summed E-state index contributed by atoms with van der Waals surface area (Å²) >= 11 is 0. The molecule has 0 bridgehead atoms. The molecule has 25 heavy (non-hydrogen) atoms. The Labute approximate surface area is 144 Å². The summed E-state index contributed by atoms with van der Waals surface area (Å²) in [5.41, 5.74) is 3.19. The third-order valence-corrected chi connectivity index (χ3v) is 3.96. The maximum atomic E-state index is 11.9. The number of hydrogen-bond acceptors (Lipinski definition) is 3. The summed E-state index contributed by atoms with van der Waals surface area (Å²) in [7, 11) is 0. The molecule has 0 fully saturated rings. The van der Waals surface area contributed by atoms with Crippen molar-refractivity contribution in [2.75, 3.05) is 11.9 Å². The molecule has 0 aliphatic carbocycles. The SMILES string of the molecule is Cc1ccc(NC(=O)C(=O)NCCc2c[nH]c3ccccc23)c(O)c1. The number of carbonyl (C=O) groups excluding carboxylic acids is 2. The highest BCUT2D eigenvalue weighted by Crippen LogP contribution is 2.23. The van der Waals surface area contributed by atoms with E-state index in [-0.39, 0.29) is 11.4 Å². The Morgan fingerprint density at radius 1 is 1.12 bits per heavy atom. The van der Waals surface area contributed by atoms with E-state index < -0.39 is 11.8 Å². The average Bonchev–Trinajstić information content (AvgIpc) is 3.00. The summed E-state index contributed by atoms with van der Waals surface area (Å²) < 4.78 is 0. The second-order valence-corrected chi connectivity index (χ2v) is 5.84. The van der Waals surface area contributed by atoms with Crippen molar-refractivity contribution >= 4 is 28.4 Å². The minimum absolute atomic E-state index is 0.0695. The van der Waals surface area contributed by atoms with Crippen LogP contribution < -0.4 is 10.6 Å². The fourth-order valence-corrected chi connectivity index (χ4v) is 2.66. The molecule has 0 spiro atoms. The van der Waals surface area contributed by atoms with Crippen LogP contribution in [0.25, 0.3) is 10.9 Å². The van der Waals surface area contributed by atoms with Crippen molar-refractivity contribution in [1.29, 1.82) is 0 Å². The van der Waals surface area contributed by atoms with E-state index >= 15 is 0 Å². The number of anilines is 1. The van der Waals surface area contributed by atoms with Gasteiger partial charge in [0.1, 0.15) is 5.75 Å². The molecule has 1 heterocycles. The lowest BCUT2D eigenvalue weighted by molar-refractivity contribution is -0.136.